The topological polar surface area (TPSA) is 45.3 Å². The Hall–Kier alpha value is -1.10. The first-order valence-corrected chi connectivity index (χ1v) is 6.36. The molecule has 0 bridgehead atoms. The lowest BCUT2D eigenvalue weighted by Crippen LogP contribution is -2.45. The van der Waals surface area contributed by atoms with Crippen LogP contribution in [0.5, 0.6) is 5.75 Å². The fraction of sp³-hybridized carbons (Fsp3) is 0.538. The molecule has 0 amide bonds. The molecule has 0 radical (unpaired) electrons. The van der Waals surface area contributed by atoms with Gasteiger partial charge in [0.05, 0.1) is 18.8 Å². The Kier molecular flexibility index (Phi) is 3.01. The summed E-state index contributed by atoms with van der Waals surface area (Å²) < 4.78 is 5.83. The van der Waals surface area contributed by atoms with Gasteiger partial charge in [0.2, 0.25) is 0 Å². The largest absolute Gasteiger partial charge is 0.493 e. The highest BCUT2D eigenvalue weighted by atomic mass is 16.5. The third-order valence-corrected chi connectivity index (χ3v) is 3.55. The van der Waals surface area contributed by atoms with E-state index < -0.39 is 0 Å². The first-order chi connectivity index (χ1) is 8.40. The molecule has 1 aromatic carbocycles. The molecule has 1 fully saturated rings. The van der Waals surface area contributed by atoms with Crippen molar-refractivity contribution < 1.29 is 4.74 Å². The van der Waals surface area contributed by atoms with E-state index in [-0.39, 0.29) is 0 Å². The summed E-state index contributed by atoms with van der Waals surface area (Å²) in [6.45, 7) is 3.98. The normalized spacial score (nSPS) is 30.5. The molecule has 3 rings (SSSR count). The van der Waals surface area contributed by atoms with Crippen LogP contribution in [0.2, 0.25) is 0 Å². The zero-order valence-electron chi connectivity index (χ0n) is 10.1. The van der Waals surface area contributed by atoms with Crippen LogP contribution in [-0.2, 0) is 0 Å². The molecular weight excluding hydrogens is 214 g/mol. The Morgan fingerprint density at radius 1 is 1.35 bits per heavy atom. The number of benzene rings is 1. The lowest BCUT2D eigenvalue weighted by molar-refractivity contribution is 0.182. The summed E-state index contributed by atoms with van der Waals surface area (Å²) in [5.74, 6) is 1.47. The second-order valence-corrected chi connectivity index (χ2v) is 4.71. The number of rotatable bonds is 3. The molecule has 0 aromatic heterocycles. The fourth-order valence-corrected chi connectivity index (χ4v) is 2.64. The van der Waals surface area contributed by atoms with Gasteiger partial charge in [0, 0.05) is 11.5 Å². The van der Waals surface area contributed by atoms with Gasteiger partial charge in [-0.05, 0) is 19.0 Å². The fourth-order valence-electron chi connectivity index (χ4n) is 2.64. The van der Waals surface area contributed by atoms with Crippen molar-refractivity contribution in [1.82, 2.24) is 16.2 Å². The molecule has 2 heterocycles. The summed E-state index contributed by atoms with van der Waals surface area (Å²) in [6, 6.07) is 8.63. The van der Waals surface area contributed by atoms with Crippen molar-refractivity contribution in [3.63, 3.8) is 0 Å². The van der Waals surface area contributed by atoms with Crippen molar-refractivity contribution in [2.75, 3.05) is 13.2 Å². The Balaban J connectivity index is 1.79. The minimum Gasteiger partial charge on any atom is -0.493 e. The number of hydrazine groups is 1. The van der Waals surface area contributed by atoms with E-state index in [1.165, 1.54) is 5.56 Å². The summed E-state index contributed by atoms with van der Waals surface area (Å²) in [5.41, 5.74) is 7.98. The Bertz CT molecular complexity index is 396. The van der Waals surface area contributed by atoms with E-state index in [1.54, 1.807) is 0 Å². The average Bonchev–Trinajstić information content (AvgIpc) is 2.80. The summed E-state index contributed by atoms with van der Waals surface area (Å²) >= 11 is 0. The molecule has 3 unspecified atom stereocenters. The van der Waals surface area contributed by atoms with Gasteiger partial charge in [-0.1, -0.05) is 25.1 Å². The second kappa shape index (κ2) is 4.64. The Morgan fingerprint density at radius 3 is 3.12 bits per heavy atom. The van der Waals surface area contributed by atoms with Gasteiger partial charge >= 0.3 is 0 Å². The number of ether oxygens (including phenoxy) is 1. The summed E-state index contributed by atoms with van der Waals surface area (Å²) in [5, 5.41) is 3.51. The minimum absolute atomic E-state index is 0.299. The Labute approximate surface area is 102 Å². The highest BCUT2D eigenvalue weighted by Crippen LogP contribution is 2.38. The molecule has 17 heavy (non-hydrogen) atoms. The van der Waals surface area contributed by atoms with E-state index in [1.807, 2.05) is 12.1 Å². The average molecular weight is 233 g/mol. The molecular formula is C13H19N3O. The van der Waals surface area contributed by atoms with Gasteiger partial charge in [-0.3, -0.25) is 0 Å². The van der Waals surface area contributed by atoms with E-state index >= 15 is 0 Å². The number of fused-ring (bicyclic) bond motifs is 3. The van der Waals surface area contributed by atoms with Crippen molar-refractivity contribution in [3.8, 4) is 5.75 Å². The number of para-hydroxylation sites is 1. The van der Waals surface area contributed by atoms with E-state index in [0.717, 1.165) is 25.3 Å². The van der Waals surface area contributed by atoms with Crippen LogP contribution in [0.3, 0.4) is 0 Å². The minimum atomic E-state index is 0.299. The maximum absolute atomic E-state index is 5.83. The van der Waals surface area contributed by atoms with Crippen LogP contribution in [0.15, 0.2) is 24.3 Å². The molecule has 1 saturated heterocycles. The maximum Gasteiger partial charge on any atom is 0.124 e. The predicted molar refractivity (Wildman–Crippen MR) is 66.5 cm³/mol. The van der Waals surface area contributed by atoms with Crippen LogP contribution in [0.1, 0.15) is 24.9 Å². The standard InChI is InChI=1S/C13H19N3O/c1-2-7-14-13-10-8-17-11-6-4-3-5-9(11)12(10)15-16-13/h3-6,10,12-16H,2,7-8H2,1H3. The van der Waals surface area contributed by atoms with Crippen LogP contribution < -0.4 is 20.9 Å². The zero-order chi connectivity index (χ0) is 11.7. The monoisotopic (exact) mass is 233 g/mol. The molecule has 0 saturated carbocycles. The number of hydrogen-bond acceptors (Lipinski definition) is 4. The van der Waals surface area contributed by atoms with Gasteiger partial charge in [0.15, 0.2) is 0 Å². The molecule has 92 valence electrons. The quantitative estimate of drug-likeness (QED) is 0.733. The maximum atomic E-state index is 5.83. The highest BCUT2D eigenvalue weighted by Gasteiger charge is 2.40. The van der Waals surface area contributed by atoms with Crippen LogP contribution in [0, 0.1) is 5.92 Å². The molecule has 1 aromatic rings. The highest BCUT2D eigenvalue weighted by molar-refractivity contribution is 5.38. The van der Waals surface area contributed by atoms with E-state index in [2.05, 4.69) is 35.2 Å². The number of nitrogens with one attached hydrogen (secondary N) is 3. The van der Waals surface area contributed by atoms with Gasteiger partial charge in [0.1, 0.15) is 5.75 Å². The predicted octanol–water partition coefficient (Wildman–Crippen LogP) is 1.17. The van der Waals surface area contributed by atoms with Crippen LogP contribution in [-0.4, -0.2) is 19.3 Å². The first kappa shape index (κ1) is 11.0. The lowest BCUT2D eigenvalue weighted by atomic mass is 9.90. The molecule has 4 heteroatoms. The SMILES string of the molecule is CCCNC1NNC2c3ccccc3OCC12. The third-order valence-electron chi connectivity index (χ3n) is 3.55. The van der Waals surface area contributed by atoms with E-state index in [9.17, 15) is 0 Å². The smallest absolute Gasteiger partial charge is 0.124 e. The summed E-state index contributed by atoms with van der Waals surface area (Å²) in [6.07, 6.45) is 1.45. The molecule has 2 aliphatic heterocycles. The molecule has 3 N–H and O–H groups in total. The second-order valence-electron chi connectivity index (χ2n) is 4.71. The van der Waals surface area contributed by atoms with Gasteiger partial charge in [-0.2, -0.15) is 0 Å². The van der Waals surface area contributed by atoms with Crippen molar-refractivity contribution in [2.24, 2.45) is 5.92 Å². The molecule has 2 aliphatic rings. The van der Waals surface area contributed by atoms with E-state index in [4.69, 9.17) is 4.74 Å². The summed E-state index contributed by atoms with van der Waals surface area (Å²) in [4.78, 5) is 0. The van der Waals surface area contributed by atoms with Gasteiger partial charge < -0.3 is 10.1 Å². The zero-order valence-corrected chi connectivity index (χ0v) is 10.1. The van der Waals surface area contributed by atoms with Crippen molar-refractivity contribution in [1.29, 1.82) is 0 Å². The van der Waals surface area contributed by atoms with Gasteiger partial charge in [-0.25, -0.2) is 10.9 Å². The van der Waals surface area contributed by atoms with Crippen molar-refractivity contribution in [3.05, 3.63) is 29.8 Å². The van der Waals surface area contributed by atoms with Crippen LogP contribution in [0.25, 0.3) is 0 Å². The lowest BCUT2D eigenvalue weighted by Gasteiger charge is -2.30. The molecule has 0 spiro atoms. The molecule has 3 atom stereocenters. The van der Waals surface area contributed by atoms with Crippen LogP contribution in [0.4, 0.5) is 0 Å². The number of hydrogen-bond donors (Lipinski definition) is 3. The van der Waals surface area contributed by atoms with Crippen LogP contribution >= 0.6 is 0 Å². The Morgan fingerprint density at radius 2 is 2.24 bits per heavy atom. The summed E-state index contributed by atoms with van der Waals surface area (Å²) in [7, 11) is 0. The third kappa shape index (κ3) is 1.92. The van der Waals surface area contributed by atoms with Gasteiger partial charge in [-0.15, -0.1) is 0 Å². The molecule has 0 aliphatic carbocycles. The molecule has 4 nitrogen and oxygen atoms in total. The van der Waals surface area contributed by atoms with Gasteiger partial charge in [0.25, 0.3) is 0 Å². The van der Waals surface area contributed by atoms with Crippen molar-refractivity contribution in [2.45, 2.75) is 25.6 Å². The van der Waals surface area contributed by atoms with E-state index in [0.29, 0.717) is 18.1 Å². The first-order valence-electron chi connectivity index (χ1n) is 6.36. The van der Waals surface area contributed by atoms with Crippen molar-refractivity contribution >= 4 is 0 Å².